The Hall–Kier alpha value is -3.35. The van der Waals surface area contributed by atoms with Gasteiger partial charge in [-0.15, -0.1) is 0 Å². The number of carbonyl (C=O) groups is 1. The number of hydrogen-bond donors (Lipinski definition) is 0. The van der Waals surface area contributed by atoms with Gasteiger partial charge < -0.3 is 14.4 Å². The lowest BCUT2D eigenvalue weighted by molar-refractivity contribution is -0.131. The maximum absolute atomic E-state index is 12.6. The first-order chi connectivity index (χ1) is 12.6. The summed E-state index contributed by atoms with van der Waals surface area (Å²) in [5, 5.41) is 0. The van der Waals surface area contributed by atoms with Crippen LogP contribution in [0.5, 0.6) is 11.5 Å². The van der Waals surface area contributed by atoms with Crippen molar-refractivity contribution in [1.82, 2.24) is 14.5 Å². The number of amides is 1. The van der Waals surface area contributed by atoms with Crippen molar-refractivity contribution in [3.8, 4) is 11.5 Å². The van der Waals surface area contributed by atoms with Crippen molar-refractivity contribution in [2.45, 2.75) is 13.1 Å². The first kappa shape index (κ1) is 16.1. The SMILES string of the molecule is CN(Cc1ccc2c(c1)OCO2)C(=O)Cn1c(=O)cnc2ccccc21. The molecule has 0 aliphatic carbocycles. The second kappa shape index (κ2) is 6.51. The van der Waals surface area contributed by atoms with E-state index < -0.39 is 0 Å². The van der Waals surface area contributed by atoms with Gasteiger partial charge >= 0.3 is 0 Å². The van der Waals surface area contributed by atoms with E-state index in [0.717, 1.165) is 5.56 Å². The lowest BCUT2D eigenvalue weighted by Crippen LogP contribution is -2.33. The molecular formula is C19H17N3O4. The molecule has 7 nitrogen and oxygen atoms in total. The molecule has 1 aliphatic heterocycles. The fourth-order valence-corrected chi connectivity index (χ4v) is 2.94. The van der Waals surface area contributed by atoms with E-state index in [9.17, 15) is 9.59 Å². The molecular weight excluding hydrogens is 334 g/mol. The van der Waals surface area contributed by atoms with E-state index in [2.05, 4.69) is 4.98 Å². The van der Waals surface area contributed by atoms with Crippen molar-refractivity contribution < 1.29 is 14.3 Å². The van der Waals surface area contributed by atoms with E-state index in [0.29, 0.717) is 29.1 Å². The minimum absolute atomic E-state index is 0.0388. The van der Waals surface area contributed by atoms with Gasteiger partial charge in [-0.05, 0) is 29.8 Å². The first-order valence-corrected chi connectivity index (χ1v) is 8.19. The molecule has 26 heavy (non-hydrogen) atoms. The van der Waals surface area contributed by atoms with Gasteiger partial charge in [-0.2, -0.15) is 0 Å². The third-order valence-electron chi connectivity index (χ3n) is 4.33. The highest BCUT2D eigenvalue weighted by Crippen LogP contribution is 2.32. The molecule has 0 bridgehead atoms. The number of aromatic nitrogens is 2. The van der Waals surface area contributed by atoms with E-state index in [4.69, 9.17) is 9.47 Å². The van der Waals surface area contributed by atoms with Crippen molar-refractivity contribution in [2.24, 2.45) is 0 Å². The third-order valence-corrected chi connectivity index (χ3v) is 4.33. The fourth-order valence-electron chi connectivity index (χ4n) is 2.94. The van der Waals surface area contributed by atoms with E-state index in [1.54, 1.807) is 18.0 Å². The zero-order valence-corrected chi connectivity index (χ0v) is 14.2. The van der Waals surface area contributed by atoms with Crippen LogP contribution >= 0.6 is 0 Å². The number of fused-ring (bicyclic) bond motifs is 2. The van der Waals surface area contributed by atoms with Crippen molar-refractivity contribution in [3.63, 3.8) is 0 Å². The molecule has 7 heteroatoms. The highest BCUT2D eigenvalue weighted by atomic mass is 16.7. The summed E-state index contributed by atoms with van der Waals surface area (Å²) >= 11 is 0. The first-order valence-electron chi connectivity index (χ1n) is 8.19. The molecule has 0 fully saturated rings. The number of likely N-dealkylation sites (N-methyl/N-ethyl adjacent to an activating group) is 1. The summed E-state index contributed by atoms with van der Waals surface area (Å²) < 4.78 is 12.1. The van der Waals surface area contributed by atoms with Gasteiger partial charge in [-0.1, -0.05) is 18.2 Å². The predicted octanol–water partition coefficient (Wildman–Crippen LogP) is 1.78. The lowest BCUT2D eigenvalue weighted by atomic mass is 10.2. The summed E-state index contributed by atoms with van der Waals surface area (Å²) in [6.45, 7) is 0.585. The van der Waals surface area contributed by atoms with Crippen LogP contribution in [0.4, 0.5) is 0 Å². The fraction of sp³-hybridized carbons (Fsp3) is 0.211. The largest absolute Gasteiger partial charge is 0.454 e. The average Bonchev–Trinajstić information content (AvgIpc) is 3.11. The molecule has 0 unspecified atom stereocenters. The minimum atomic E-state index is -0.298. The topological polar surface area (TPSA) is 73.7 Å². The zero-order chi connectivity index (χ0) is 18.1. The molecule has 1 aliphatic rings. The van der Waals surface area contributed by atoms with Gasteiger partial charge in [0.2, 0.25) is 12.7 Å². The number of hydrogen-bond acceptors (Lipinski definition) is 5. The maximum atomic E-state index is 12.6. The van der Waals surface area contributed by atoms with Gasteiger partial charge in [0.05, 0.1) is 17.2 Å². The smallest absolute Gasteiger partial charge is 0.269 e. The Morgan fingerprint density at radius 1 is 1.19 bits per heavy atom. The molecule has 132 valence electrons. The van der Waals surface area contributed by atoms with Crippen LogP contribution in [0, 0.1) is 0 Å². The molecule has 4 rings (SSSR count). The highest BCUT2D eigenvalue weighted by molar-refractivity contribution is 5.80. The molecule has 0 saturated carbocycles. The predicted molar refractivity (Wildman–Crippen MR) is 95.0 cm³/mol. The minimum Gasteiger partial charge on any atom is -0.454 e. The van der Waals surface area contributed by atoms with Crippen LogP contribution in [0.15, 0.2) is 53.5 Å². The molecule has 1 aromatic heterocycles. The van der Waals surface area contributed by atoms with Crippen LogP contribution in [0.1, 0.15) is 5.56 Å². The number of nitrogens with zero attached hydrogens (tertiary/aromatic N) is 3. The Bertz CT molecular complexity index is 1040. The maximum Gasteiger partial charge on any atom is 0.269 e. The number of ether oxygens (including phenoxy) is 2. The van der Waals surface area contributed by atoms with Crippen LogP contribution in [0.25, 0.3) is 11.0 Å². The van der Waals surface area contributed by atoms with Crippen LogP contribution < -0.4 is 15.0 Å². The van der Waals surface area contributed by atoms with E-state index in [1.807, 2.05) is 36.4 Å². The quantitative estimate of drug-likeness (QED) is 0.716. The zero-order valence-electron chi connectivity index (χ0n) is 14.2. The summed E-state index contributed by atoms with van der Waals surface area (Å²) in [5.74, 6) is 1.22. The number of benzene rings is 2. The van der Waals surface area contributed by atoms with Crippen molar-refractivity contribution in [1.29, 1.82) is 0 Å². The van der Waals surface area contributed by atoms with E-state index >= 15 is 0 Å². The average molecular weight is 351 g/mol. The molecule has 3 aromatic rings. The molecule has 0 radical (unpaired) electrons. The van der Waals surface area contributed by atoms with Gasteiger partial charge in [0.15, 0.2) is 11.5 Å². The van der Waals surface area contributed by atoms with Gasteiger partial charge in [0.25, 0.3) is 5.56 Å². The summed E-state index contributed by atoms with van der Waals surface area (Å²) in [5.41, 5.74) is 1.95. The normalized spacial score (nSPS) is 12.3. The molecule has 2 aromatic carbocycles. The summed E-state index contributed by atoms with van der Waals surface area (Å²) in [7, 11) is 1.71. The van der Waals surface area contributed by atoms with Gasteiger partial charge in [-0.25, -0.2) is 4.98 Å². The second-order valence-electron chi connectivity index (χ2n) is 6.11. The Balaban J connectivity index is 1.53. The molecule has 0 N–H and O–H groups in total. The summed E-state index contributed by atoms with van der Waals surface area (Å²) in [4.78, 5) is 30.5. The molecule has 2 heterocycles. The highest BCUT2D eigenvalue weighted by Gasteiger charge is 2.16. The van der Waals surface area contributed by atoms with Crippen LogP contribution in [0.2, 0.25) is 0 Å². The van der Waals surface area contributed by atoms with Gasteiger partial charge in [-0.3, -0.25) is 14.2 Å². The summed E-state index contributed by atoms with van der Waals surface area (Å²) in [6.07, 6.45) is 1.24. The Kier molecular flexibility index (Phi) is 4.04. The summed E-state index contributed by atoms with van der Waals surface area (Å²) in [6, 6.07) is 12.8. The second-order valence-corrected chi connectivity index (χ2v) is 6.11. The van der Waals surface area contributed by atoms with Crippen molar-refractivity contribution in [2.75, 3.05) is 13.8 Å². The van der Waals surface area contributed by atoms with E-state index in [-0.39, 0.29) is 24.8 Å². The number of carbonyl (C=O) groups excluding carboxylic acids is 1. The number of rotatable bonds is 4. The Labute approximate surface area is 149 Å². The van der Waals surface area contributed by atoms with Gasteiger partial charge in [0, 0.05) is 13.6 Å². The van der Waals surface area contributed by atoms with Gasteiger partial charge in [0.1, 0.15) is 6.54 Å². The Morgan fingerprint density at radius 2 is 2.00 bits per heavy atom. The molecule has 1 amide bonds. The standard InChI is InChI=1S/C19H17N3O4/c1-21(10-13-6-7-16-17(8-13)26-12-25-16)19(24)11-22-15-5-3-2-4-14(15)20-9-18(22)23/h2-9H,10-12H2,1H3. The van der Waals surface area contributed by atoms with Crippen LogP contribution in [-0.2, 0) is 17.9 Å². The van der Waals surface area contributed by atoms with Crippen LogP contribution in [0.3, 0.4) is 0 Å². The molecule has 0 saturated heterocycles. The van der Waals surface area contributed by atoms with Crippen molar-refractivity contribution >= 4 is 16.9 Å². The third kappa shape index (κ3) is 2.99. The van der Waals surface area contributed by atoms with E-state index in [1.165, 1.54) is 10.8 Å². The van der Waals surface area contributed by atoms with Crippen LogP contribution in [-0.4, -0.2) is 34.2 Å². The number of para-hydroxylation sites is 2. The molecule has 0 atom stereocenters. The monoisotopic (exact) mass is 351 g/mol. The van der Waals surface area contributed by atoms with Crippen molar-refractivity contribution in [3.05, 3.63) is 64.6 Å². The molecule has 0 spiro atoms. The lowest BCUT2D eigenvalue weighted by Gasteiger charge is -2.19. The Morgan fingerprint density at radius 3 is 2.88 bits per heavy atom.